The molecule has 0 aliphatic carbocycles. The van der Waals surface area contributed by atoms with Crippen LogP contribution in [-0.4, -0.2) is 45.1 Å². The lowest BCUT2D eigenvalue weighted by atomic mass is 10.1. The van der Waals surface area contributed by atoms with E-state index >= 15 is 0 Å². The zero-order valence-electron chi connectivity index (χ0n) is 14.5. The van der Waals surface area contributed by atoms with Crippen molar-refractivity contribution in [3.8, 4) is 5.88 Å². The summed E-state index contributed by atoms with van der Waals surface area (Å²) in [5.74, 6) is 2.05. The molecule has 0 bridgehead atoms. The number of hydrogen-bond acceptors (Lipinski definition) is 6. The number of nitrogens with zero attached hydrogens (tertiary/aromatic N) is 4. The highest BCUT2D eigenvalue weighted by molar-refractivity contribution is 5.79. The topological polar surface area (TPSA) is 81.4 Å². The van der Waals surface area contributed by atoms with Crippen molar-refractivity contribution in [2.45, 2.75) is 46.6 Å². The fourth-order valence-electron chi connectivity index (χ4n) is 2.98. The van der Waals surface area contributed by atoms with E-state index in [1.165, 1.54) is 0 Å². The molecule has 7 heteroatoms. The predicted molar refractivity (Wildman–Crippen MR) is 86.8 cm³/mol. The lowest BCUT2D eigenvalue weighted by Gasteiger charge is -2.17. The van der Waals surface area contributed by atoms with Crippen LogP contribution in [0.15, 0.2) is 10.6 Å². The molecule has 3 heterocycles. The van der Waals surface area contributed by atoms with Crippen molar-refractivity contribution in [1.82, 2.24) is 20.0 Å². The van der Waals surface area contributed by atoms with Gasteiger partial charge >= 0.3 is 0 Å². The molecule has 1 amide bonds. The summed E-state index contributed by atoms with van der Waals surface area (Å²) in [6, 6.07) is 1.82. The molecule has 2 aromatic heterocycles. The second-order valence-corrected chi connectivity index (χ2v) is 6.24. The van der Waals surface area contributed by atoms with Crippen molar-refractivity contribution in [2.75, 3.05) is 13.1 Å². The molecule has 1 fully saturated rings. The molecule has 1 aliphatic heterocycles. The summed E-state index contributed by atoms with van der Waals surface area (Å²) in [6.07, 6.45) is 1.09. The van der Waals surface area contributed by atoms with Gasteiger partial charge < -0.3 is 14.2 Å². The fourth-order valence-corrected chi connectivity index (χ4v) is 2.98. The zero-order chi connectivity index (χ0) is 17.3. The number of amides is 1. The van der Waals surface area contributed by atoms with Gasteiger partial charge in [0, 0.05) is 30.3 Å². The molecule has 1 saturated heterocycles. The average molecular weight is 330 g/mol. The van der Waals surface area contributed by atoms with E-state index in [1.807, 2.05) is 38.7 Å². The highest BCUT2D eigenvalue weighted by Gasteiger charge is 2.29. The van der Waals surface area contributed by atoms with Crippen molar-refractivity contribution >= 4 is 5.91 Å². The first-order valence-corrected chi connectivity index (χ1v) is 8.11. The third-order valence-corrected chi connectivity index (χ3v) is 4.24. The quantitative estimate of drug-likeness (QED) is 0.852. The highest BCUT2D eigenvalue weighted by atomic mass is 16.5. The number of carbonyl (C=O) groups is 1. The van der Waals surface area contributed by atoms with Crippen LogP contribution in [0.4, 0.5) is 0 Å². The Hall–Kier alpha value is -2.44. The minimum absolute atomic E-state index is 0.0349. The van der Waals surface area contributed by atoms with Crippen molar-refractivity contribution in [1.29, 1.82) is 0 Å². The van der Waals surface area contributed by atoms with E-state index in [1.54, 1.807) is 0 Å². The highest BCUT2D eigenvalue weighted by Crippen LogP contribution is 2.20. The van der Waals surface area contributed by atoms with Gasteiger partial charge in [-0.2, -0.15) is 4.98 Å². The molecule has 0 N–H and O–H groups in total. The number of hydrogen-bond donors (Lipinski definition) is 0. The van der Waals surface area contributed by atoms with Crippen molar-refractivity contribution in [2.24, 2.45) is 0 Å². The first-order valence-electron chi connectivity index (χ1n) is 8.11. The lowest BCUT2D eigenvalue weighted by Crippen LogP contribution is -2.32. The molecule has 0 radical (unpaired) electrons. The van der Waals surface area contributed by atoms with Gasteiger partial charge in [-0.05, 0) is 27.7 Å². The maximum absolute atomic E-state index is 12.5. The Kier molecular flexibility index (Phi) is 4.51. The molecule has 0 saturated carbocycles. The molecular formula is C17H22N4O3. The number of likely N-dealkylation sites (tertiary alicyclic amines) is 1. The van der Waals surface area contributed by atoms with E-state index in [2.05, 4.69) is 15.1 Å². The van der Waals surface area contributed by atoms with Crippen LogP contribution in [-0.2, 0) is 11.2 Å². The summed E-state index contributed by atoms with van der Waals surface area (Å²) in [4.78, 5) is 22.9. The van der Waals surface area contributed by atoms with E-state index in [9.17, 15) is 4.79 Å². The second kappa shape index (κ2) is 6.59. The Morgan fingerprint density at radius 2 is 2.12 bits per heavy atom. The molecule has 1 aliphatic rings. The van der Waals surface area contributed by atoms with Gasteiger partial charge in [0.1, 0.15) is 17.7 Å². The summed E-state index contributed by atoms with van der Waals surface area (Å²) < 4.78 is 11.0. The van der Waals surface area contributed by atoms with Gasteiger partial charge in [-0.1, -0.05) is 5.16 Å². The van der Waals surface area contributed by atoms with Crippen LogP contribution >= 0.6 is 0 Å². The Balaban J connectivity index is 1.59. The minimum Gasteiger partial charge on any atom is -0.472 e. The molecule has 0 aromatic carbocycles. The van der Waals surface area contributed by atoms with Crippen LogP contribution in [0, 0.1) is 27.7 Å². The van der Waals surface area contributed by atoms with Crippen molar-refractivity contribution < 1.29 is 14.1 Å². The first kappa shape index (κ1) is 16.4. The zero-order valence-corrected chi connectivity index (χ0v) is 14.5. The van der Waals surface area contributed by atoms with Crippen LogP contribution in [0.3, 0.4) is 0 Å². The van der Waals surface area contributed by atoms with Gasteiger partial charge in [-0.15, -0.1) is 0 Å². The van der Waals surface area contributed by atoms with Crippen LogP contribution in [0.2, 0.25) is 0 Å². The minimum atomic E-state index is -0.0349. The van der Waals surface area contributed by atoms with Crippen molar-refractivity contribution in [3.05, 3.63) is 34.6 Å². The van der Waals surface area contributed by atoms with Crippen LogP contribution in [0.5, 0.6) is 5.88 Å². The maximum Gasteiger partial charge on any atom is 0.227 e. The predicted octanol–water partition coefficient (Wildman–Crippen LogP) is 1.92. The molecule has 1 atom stereocenters. The van der Waals surface area contributed by atoms with E-state index in [4.69, 9.17) is 9.26 Å². The number of carbonyl (C=O) groups excluding carboxylic acids is 1. The molecular weight excluding hydrogens is 308 g/mol. The summed E-state index contributed by atoms with van der Waals surface area (Å²) in [6.45, 7) is 8.71. The average Bonchev–Trinajstić information content (AvgIpc) is 3.08. The lowest BCUT2D eigenvalue weighted by molar-refractivity contribution is -0.129. The summed E-state index contributed by atoms with van der Waals surface area (Å²) in [5.41, 5.74) is 2.54. The van der Waals surface area contributed by atoms with E-state index in [0.29, 0.717) is 37.0 Å². The van der Waals surface area contributed by atoms with E-state index in [-0.39, 0.29) is 12.0 Å². The molecule has 0 spiro atoms. The Morgan fingerprint density at radius 1 is 1.33 bits per heavy atom. The monoisotopic (exact) mass is 330 g/mol. The number of aryl methyl sites for hydroxylation is 4. The van der Waals surface area contributed by atoms with Gasteiger partial charge in [0.25, 0.3) is 0 Å². The largest absolute Gasteiger partial charge is 0.472 e. The maximum atomic E-state index is 12.5. The second-order valence-electron chi connectivity index (χ2n) is 6.24. The molecule has 3 rings (SSSR count). The van der Waals surface area contributed by atoms with Crippen molar-refractivity contribution in [3.63, 3.8) is 0 Å². The number of rotatable bonds is 4. The fraction of sp³-hybridized carbons (Fsp3) is 0.529. The number of aromatic nitrogens is 3. The molecule has 24 heavy (non-hydrogen) atoms. The van der Waals surface area contributed by atoms with Crippen LogP contribution < -0.4 is 4.74 Å². The normalized spacial score (nSPS) is 17.3. The van der Waals surface area contributed by atoms with E-state index in [0.717, 1.165) is 23.4 Å². The first-order chi connectivity index (χ1) is 11.4. The molecule has 0 unspecified atom stereocenters. The van der Waals surface area contributed by atoms with Gasteiger partial charge in [0.2, 0.25) is 11.8 Å². The molecule has 2 aromatic rings. The number of ether oxygens (including phenoxy) is 1. The molecule has 7 nitrogen and oxygen atoms in total. The van der Waals surface area contributed by atoms with Crippen LogP contribution in [0.25, 0.3) is 0 Å². The third kappa shape index (κ3) is 3.55. The standard InChI is InChI=1S/C17H22N4O3/c1-10-7-16(19-13(4)18-10)23-14-5-6-21(9-14)17(22)8-15-11(2)20-24-12(15)3/h7,14H,5-6,8-9H2,1-4H3/t14-/m0/s1. The summed E-state index contributed by atoms with van der Waals surface area (Å²) in [5, 5.41) is 3.90. The SMILES string of the molecule is Cc1cc(O[C@H]2CCN(C(=O)Cc3c(C)noc3C)C2)nc(C)n1. The Labute approximate surface area is 141 Å². The van der Waals surface area contributed by atoms with Gasteiger partial charge in [0.15, 0.2) is 0 Å². The third-order valence-electron chi connectivity index (χ3n) is 4.24. The van der Waals surface area contributed by atoms with E-state index < -0.39 is 0 Å². The van der Waals surface area contributed by atoms with Gasteiger partial charge in [0.05, 0.1) is 18.7 Å². The van der Waals surface area contributed by atoms with Gasteiger partial charge in [-0.25, -0.2) is 4.98 Å². The smallest absolute Gasteiger partial charge is 0.227 e. The summed E-state index contributed by atoms with van der Waals surface area (Å²) in [7, 11) is 0. The van der Waals surface area contributed by atoms with Crippen LogP contribution in [0.1, 0.15) is 35.0 Å². The molecule has 128 valence electrons. The Morgan fingerprint density at radius 3 is 2.79 bits per heavy atom. The van der Waals surface area contributed by atoms with Gasteiger partial charge in [-0.3, -0.25) is 4.79 Å². The summed E-state index contributed by atoms with van der Waals surface area (Å²) >= 11 is 0. The Bertz CT molecular complexity index is 717.